The van der Waals surface area contributed by atoms with Crippen LogP contribution in [-0.2, 0) is 0 Å². The Morgan fingerprint density at radius 2 is 1.73 bits per heavy atom. The number of aliphatic imine (C=N–C) groups is 1. The summed E-state index contributed by atoms with van der Waals surface area (Å²) in [5, 5.41) is 10.1. The van der Waals surface area contributed by atoms with Crippen molar-refractivity contribution in [3.63, 3.8) is 0 Å². The molecule has 1 unspecified atom stereocenters. The van der Waals surface area contributed by atoms with Crippen molar-refractivity contribution in [3.05, 3.63) is 64.9 Å². The Labute approximate surface area is 175 Å². The molecule has 0 fully saturated rings. The molecule has 0 amide bonds. The Kier molecular flexibility index (Phi) is 5.35. The van der Waals surface area contributed by atoms with Gasteiger partial charge in [0.1, 0.15) is 11.8 Å². The number of nitrogens with zero attached hydrogens (tertiary/aromatic N) is 2. The van der Waals surface area contributed by atoms with Gasteiger partial charge in [0.2, 0.25) is 11.8 Å². The summed E-state index contributed by atoms with van der Waals surface area (Å²) in [6.45, 7) is 2.44. The van der Waals surface area contributed by atoms with Gasteiger partial charge in [-0.1, -0.05) is 0 Å². The zero-order chi connectivity index (χ0) is 21.3. The second-order valence-corrected chi connectivity index (χ2v) is 6.88. The van der Waals surface area contributed by atoms with E-state index >= 15 is 0 Å². The van der Waals surface area contributed by atoms with Crippen LogP contribution in [0.1, 0.15) is 35.6 Å². The first-order valence-electron chi connectivity index (χ1n) is 9.69. The van der Waals surface area contributed by atoms with E-state index in [1.165, 1.54) is 0 Å². The van der Waals surface area contributed by atoms with Crippen molar-refractivity contribution in [1.82, 2.24) is 4.98 Å². The van der Waals surface area contributed by atoms with Crippen LogP contribution in [0.15, 0.2) is 53.2 Å². The first-order chi connectivity index (χ1) is 14.6. The molecule has 0 saturated heterocycles. The summed E-state index contributed by atoms with van der Waals surface area (Å²) in [6.07, 6.45) is 5.28. The molecule has 1 aliphatic carbocycles. The smallest absolute Gasteiger partial charge is 0.222 e. The van der Waals surface area contributed by atoms with Crippen molar-refractivity contribution in [1.29, 1.82) is 0 Å². The number of aliphatic hydroxyl groups excluding tert-OH is 1. The quantitative estimate of drug-likeness (QED) is 0.773. The standard InChI is InChI=1S/C23H24N2O5/c1-5-30-20-11-15-16-10-13(26)6-8-18(16)24-22(17(15)12-19(20)27-2)14-7-9-21(28-3)25-23(14)29-4/h6-12,16,22,26H,5H2,1-4H3/t16-,22?/m1/s1. The summed E-state index contributed by atoms with van der Waals surface area (Å²) in [5.74, 6) is 2.22. The van der Waals surface area contributed by atoms with Gasteiger partial charge >= 0.3 is 0 Å². The number of fused-ring (bicyclic) bond motifs is 3. The van der Waals surface area contributed by atoms with Crippen molar-refractivity contribution in [3.8, 4) is 23.3 Å². The van der Waals surface area contributed by atoms with E-state index in [-0.39, 0.29) is 17.7 Å². The molecule has 1 N–H and O–H groups in total. The molecule has 4 rings (SSSR count). The number of hydrogen-bond acceptors (Lipinski definition) is 7. The lowest BCUT2D eigenvalue weighted by atomic mass is 9.80. The highest BCUT2D eigenvalue weighted by atomic mass is 16.5. The highest BCUT2D eigenvalue weighted by molar-refractivity contribution is 6.04. The van der Waals surface area contributed by atoms with E-state index in [2.05, 4.69) is 4.98 Å². The second-order valence-electron chi connectivity index (χ2n) is 6.88. The fourth-order valence-corrected chi connectivity index (χ4v) is 3.86. The molecular formula is C23H24N2O5. The number of pyridine rings is 1. The highest BCUT2D eigenvalue weighted by Crippen LogP contribution is 2.46. The summed E-state index contributed by atoms with van der Waals surface area (Å²) >= 11 is 0. The van der Waals surface area contributed by atoms with Gasteiger partial charge in [0.25, 0.3) is 0 Å². The summed E-state index contributed by atoms with van der Waals surface area (Å²) < 4.78 is 22.2. The third-order valence-electron chi connectivity index (χ3n) is 5.22. The minimum Gasteiger partial charge on any atom is -0.508 e. The summed E-state index contributed by atoms with van der Waals surface area (Å²) in [4.78, 5) is 9.41. The molecule has 1 aliphatic heterocycles. The molecule has 7 nitrogen and oxygen atoms in total. The average molecular weight is 408 g/mol. The van der Waals surface area contributed by atoms with Crippen LogP contribution in [0.3, 0.4) is 0 Å². The maximum absolute atomic E-state index is 10.1. The largest absolute Gasteiger partial charge is 0.508 e. The van der Waals surface area contributed by atoms with E-state index in [1.54, 1.807) is 39.5 Å². The minimum atomic E-state index is -0.359. The van der Waals surface area contributed by atoms with Gasteiger partial charge < -0.3 is 24.1 Å². The minimum absolute atomic E-state index is 0.177. The number of allylic oxidation sites excluding steroid dienone is 3. The molecule has 30 heavy (non-hydrogen) atoms. The van der Waals surface area contributed by atoms with Gasteiger partial charge in [-0.25, -0.2) is 0 Å². The van der Waals surface area contributed by atoms with Gasteiger partial charge in [-0.05, 0) is 54.5 Å². The summed E-state index contributed by atoms with van der Waals surface area (Å²) in [5.41, 5.74) is 3.58. The van der Waals surface area contributed by atoms with Crippen LogP contribution in [0.4, 0.5) is 0 Å². The number of aromatic nitrogens is 1. The first-order valence-corrected chi connectivity index (χ1v) is 9.69. The lowest BCUT2D eigenvalue weighted by molar-refractivity contribution is 0.310. The van der Waals surface area contributed by atoms with E-state index < -0.39 is 0 Å². The van der Waals surface area contributed by atoms with Gasteiger partial charge in [0, 0.05) is 23.3 Å². The molecule has 0 spiro atoms. The zero-order valence-electron chi connectivity index (χ0n) is 17.4. The van der Waals surface area contributed by atoms with E-state index in [4.69, 9.17) is 23.9 Å². The van der Waals surface area contributed by atoms with Crippen LogP contribution in [0.2, 0.25) is 0 Å². The van der Waals surface area contributed by atoms with Crippen LogP contribution in [0.25, 0.3) is 0 Å². The van der Waals surface area contributed by atoms with Gasteiger partial charge in [0.15, 0.2) is 11.5 Å². The molecule has 1 aromatic carbocycles. The third-order valence-corrected chi connectivity index (χ3v) is 5.22. The Hall–Kier alpha value is -3.48. The number of aliphatic hydroxyl groups is 1. The van der Waals surface area contributed by atoms with E-state index in [1.807, 2.05) is 31.2 Å². The number of methoxy groups -OCH3 is 3. The van der Waals surface area contributed by atoms with Gasteiger partial charge in [-0.3, -0.25) is 4.99 Å². The molecule has 0 radical (unpaired) electrons. The molecule has 7 heteroatoms. The molecule has 156 valence electrons. The number of benzene rings is 1. The summed E-state index contributed by atoms with van der Waals surface area (Å²) in [7, 11) is 4.75. The number of ether oxygens (including phenoxy) is 4. The monoisotopic (exact) mass is 408 g/mol. The fraction of sp³-hybridized carbons (Fsp3) is 0.304. The molecule has 1 aromatic heterocycles. The first kappa shape index (κ1) is 19.8. The lowest BCUT2D eigenvalue weighted by Gasteiger charge is -2.31. The average Bonchev–Trinajstić information content (AvgIpc) is 2.78. The molecular weight excluding hydrogens is 384 g/mol. The molecule has 2 atom stereocenters. The van der Waals surface area contributed by atoms with Crippen molar-refractivity contribution in [2.24, 2.45) is 4.99 Å². The van der Waals surface area contributed by atoms with Crippen LogP contribution >= 0.6 is 0 Å². The number of rotatable bonds is 6. The van der Waals surface area contributed by atoms with Gasteiger partial charge in [0.05, 0.1) is 27.9 Å². The maximum atomic E-state index is 10.1. The van der Waals surface area contributed by atoms with Crippen LogP contribution in [-0.4, -0.2) is 43.7 Å². The molecule has 2 aromatic rings. The normalized spacial score (nSPS) is 19.2. The van der Waals surface area contributed by atoms with Crippen molar-refractivity contribution in [2.75, 3.05) is 27.9 Å². The molecule has 0 saturated carbocycles. The second kappa shape index (κ2) is 8.10. The van der Waals surface area contributed by atoms with E-state index in [0.717, 1.165) is 22.4 Å². The highest BCUT2D eigenvalue weighted by Gasteiger charge is 2.34. The summed E-state index contributed by atoms with van der Waals surface area (Å²) in [6, 6.07) is 7.25. The Morgan fingerprint density at radius 3 is 2.43 bits per heavy atom. The Morgan fingerprint density at radius 1 is 0.933 bits per heavy atom. The van der Waals surface area contributed by atoms with Crippen LogP contribution < -0.4 is 18.9 Å². The van der Waals surface area contributed by atoms with Crippen molar-refractivity contribution in [2.45, 2.75) is 18.9 Å². The predicted octanol–water partition coefficient (Wildman–Crippen LogP) is 4.15. The van der Waals surface area contributed by atoms with Crippen molar-refractivity contribution >= 4 is 5.71 Å². The lowest BCUT2D eigenvalue weighted by Crippen LogP contribution is -2.22. The predicted molar refractivity (Wildman–Crippen MR) is 113 cm³/mol. The third kappa shape index (κ3) is 3.36. The Balaban J connectivity index is 1.94. The van der Waals surface area contributed by atoms with Gasteiger partial charge in [-0.15, -0.1) is 0 Å². The van der Waals surface area contributed by atoms with Gasteiger partial charge in [-0.2, -0.15) is 4.98 Å². The number of hydrogen-bond donors (Lipinski definition) is 1. The van der Waals surface area contributed by atoms with Crippen LogP contribution in [0.5, 0.6) is 23.3 Å². The van der Waals surface area contributed by atoms with E-state index in [0.29, 0.717) is 29.9 Å². The SMILES string of the molecule is CCOc1cc2c(cc1OC)C(c1ccc(OC)nc1OC)N=C1C=CC(O)=C[C@@H]12. The Bertz CT molecular complexity index is 1060. The fourth-order valence-electron chi connectivity index (χ4n) is 3.86. The van der Waals surface area contributed by atoms with Crippen molar-refractivity contribution < 1.29 is 24.1 Å². The molecule has 0 bridgehead atoms. The maximum Gasteiger partial charge on any atom is 0.222 e. The zero-order valence-corrected chi connectivity index (χ0v) is 17.4. The van der Waals surface area contributed by atoms with Crippen LogP contribution in [0, 0.1) is 0 Å². The molecule has 2 heterocycles. The molecule has 2 aliphatic rings. The van der Waals surface area contributed by atoms with E-state index in [9.17, 15) is 5.11 Å². The topological polar surface area (TPSA) is 82.4 Å².